The number of benzene rings is 1. The lowest BCUT2D eigenvalue weighted by atomic mass is 10.2. The molecule has 0 atom stereocenters. The largest absolute Gasteiger partial charge is 0.417 e. The van der Waals surface area contributed by atoms with Crippen molar-refractivity contribution in [2.45, 2.75) is 12.7 Å². The number of nitrogens with one attached hydrogen (secondary N) is 2. The average molecular weight is 380 g/mol. The van der Waals surface area contributed by atoms with Crippen LogP contribution in [0.4, 0.5) is 30.6 Å². The first-order chi connectivity index (χ1) is 12.4. The molecule has 0 saturated heterocycles. The van der Waals surface area contributed by atoms with E-state index in [1.54, 1.807) is 18.5 Å². The van der Waals surface area contributed by atoms with Gasteiger partial charge in [-0.25, -0.2) is 4.98 Å². The predicted octanol–water partition coefficient (Wildman–Crippen LogP) is 4.90. The van der Waals surface area contributed by atoms with Crippen LogP contribution in [-0.4, -0.2) is 15.0 Å². The van der Waals surface area contributed by atoms with E-state index in [0.717, 1.165) is 11.6 Å². The molecule has 0 radical (unpaired) electrons. The highest BCUT2D eigenvalue weighted by Crippen LogP contribution is 2.36. The lowest BCUT2D eigenvalue weighted by Crippen LogP contribution is -2.07. The van der Waals surface area contributed by atoms with Gasteiger partial charge in [0.15, 0.2) is 0 Å². The van der Waals surface area contributed by atoms with Crippen molar-refractivity contribution >= 4 is 29.1 Å². The molecule has 2 N–H and O–H groups in total. The summed E-state index contributed by atoms with van der Waals surface area (Å²) in [6.07, 6.45) is 0.363. The third-order valence-electron chi connectivity index (χ3n) is 3.38. The summed E-state index contributed by atoms with van der Waals surface area (Å²) in [4.78, 5) is 12.3. The van der Waals surface area contributed by atoms with Gasteiger partial charge in [0.25, 0.3) is 0 Å². The Labute approximate surface area is 152 Å². The van der Waals surface area contributed by atoms with E-state index in [0.29, 0.717) is 12.4 Å². The van der Waals surface area contributed by atoms with E-state index < -0.39 is 11.7 Å². The zero-order chi connectivity index (χ0) is 18.6. The van der Waals surface area contributed by atoms with Crippen LogP contribution < -0.4 is 10.6 Å². The quantitative estimate of drug-likeness (QED) is 0.660. The second-order valence-electron chi connectivity index (χ2n) is 5.30. The van der Waals surface area contributed by atoms with Crippen LogP contribution in [-0.2, 0) is 12.7 Å². The second kappa shape index (κ2) is 7.57. The van der Waals surface area contributed by atoms with Crippen molar-refractivity contribution < 1.29 is 13.2 Å². The minimum Gasteiger partial charge on any atom is -0.366 e. The number of nitrogens with zero attached hydrogens (tertiary/aromatic N) is 3. The van der Waals surface area contributed by atoms with E-state index in [4.69, 9.17) is 11.6 Å². The average Bonchev–Trinajstić information content (AvgIpc) is 2.62. The van der Waals surface area contributed by atoms with Crippen molar-refractivity contribution in [3.8, 4) is 0 Å². The molecule has 2 heterocycles. The molecule has 0 aliphatic carbocycles. The zero-order valence-electron chi connectivity index (χ0n) is 13.3. The van der Waals surface area contributed by atoms with Crippen LogP contribution in [0, 0.1) is 0 Å². The molecule has 0 saturated carbocycles. The van der Waals surface area contributed by atoms with Crippen molar-refractivity contribution in [1.29, 1.82) is 0 Å². The number of alkyl halides is 3. The predicted molar refractivity (Wildman–Crippen MR) is 93.3 cm³/mol. The van der Waals surface area contributed by atoms with Crippen LogP contribution in [0.1, 0.15) is 11.1 Å². The van der Waals surface area contributed by atoms with Crippen molar-refractivity contribution in [2.24, 2.45) is 0 Å². The minimum absolute atomic E-state index is 0.164. The van der Waals surface area contributed by atoms with Gasteiger partial charge >= 0.3 is 6.18 Å². The molecular formula is C17H13ClF3N5. The summed E-state index contributed by atoms with van der Waals surface area (Å²) in [6, 6.07) is 8.91. The Balaban J connectivity index is 1.73. The van der Waals surface area contributed by atoms with Gasteiger partial charge in [0.2, 0.25) is 5.95 Å². The van der Waals surface area contributed by atoms with Crippen molar-refractivity contribution in [3.05, 3.63) is 71.1 Å². The molecule has 0 bridgehead atoms. The third-order valence-corrected chi connectivity index (χ3v) is 3.71. The number of aromatic nitrogens is 3. The Morgan fingerprint density at radius 1 is 1.08 bits per heavy atom. The molecule has 134 valence electrons. The number of hydrogen-bond acceptors (Lipinski definition) is 5. The van der Waals surface area contributed by atoms with Gasteiger partial charge in [-0.15, -0.1) is 0 Å². The Kier molecular flexibility index (Phi) is 5.22. The van der Waals surface area contributed by atoms with Crippen molar-refractivity contribution in [1.82, 2.24) is 15.0 Å². The van der Waals surface area contributed by atoms with Crippen LogP contribution >= 0.6 is 11.6 Å². The fourth-order valence-corrected chi connectivity index (χ4v) is 2.39. The summed E-state index contributed by atoms with van der Waals surface area (Å²) < 4.78 is 38.8. The molecule has 3 aromatic rings. The standard InChI is InChI=1S/C17H13ClF3N5/c18-14-4-3-12(8-13(14)17(19,20)21)25-16-23-7-5-15(26-16)24-10-11-2-1-6-22-9-11/h1-9H,10H2,(H2,23,24,25,26). The van der Waals surface area contributed by atoms with Crippen LogP contribution in [0.3, 0.4) is 0 Å². The molecule has 0 unspecified atom stereocenters. The van der Waals surface area contributed by atoms with Crippen LogP contribution in [0.15, 0.2) is 55.0 Å². The molecule has 26 heavy (non-hydrogen) atoms. The van der Waals surface area contributed by atoms with Gasteiger partial charge in [-0.2, -0.15) is 18.2 Å². The Morgan fingerprint density at radius 3 is 2.65 bits per heavy atom. The summed E-state index contributed by atoms with van der Waals surface area (Å²) >= 11 is 5.61. The van der Waals surface area contributed by atoms with Crippen LogP contribution in [0.25, 0.3) is 0 Å². The van der Waals surface area contributed by atoms with Crippen molar-refractivity contribution in [2.75, 3.05) is 10.6 Å². The normalized spacial score (nSPS) is 11.2. The van der Waals surface area contributed by atoms with E-state index in [9.17, 15) is 13.2 Å². The fraction of sp³-hybridized carbons (Fsp3) is 0.118. The highest BCUT2D eigenvalue weighted by atomic mass is 35.5. The Bertz CT molecular complexity index is 887. The van der Waals surface area contributed by atoms with E-state index >= 15 is 0 Å². The lowest BCUT2D eigenvalue weighted by Gasteiger charge is -2.12. The SMILES string of the molecule is FC(F)(F)c1cc(Nc2nccc(NCc3cccnc3)n2)ccc1Cl. The molecule has 0 aliphatic rings. The van der Waals surface area contributed by atoms with E-state index in [1.165, 1.54) is 18.3 Å². The lowest BCUT2D eigenvalue weighted by molar-refractivity contribution is -0.137. The minimum atomic E-state index is -4.54. The topological polar surface area (TPSA) is 62.7 Å². The smallest absolute Gasteiger partial charge is 0.366 e. The van der Waals surface area contributed by atoms with Gasteiger partial charge in [0.1, 0.15) is 5.82 Å². The molecule has 0 fully saturated rings. The molecule has 9 heteroatoms. The maximum absolute atomic E-state index is 12.9. The molecule has 3 rings (SSSR count). The number of hydrogen-bond donors (Lipinski definition) is 2. The third kappa shape index (κ3) is 4.60. The molecule has 1 aromatic carbocycles. The van der Waals surface area contributed by atoms with E-state index in [1.807, 2.05) is 12.1 Å². The molecule has 5 nitrogen and oxygen atoms in total. The van der Waals surface area contributed by atoms with Crippen molar-refractivity contribution in [3.63, 3.8) is 0 Å². The molecule has 2 aromatic heterocycles. The highest BCUT2D eigenvalue weighted by Gasteiger charge is 2.33. The zero-order valence-corrected chi connectivity index (χ0v) is 14.0. The first kappa shape index (κ1) is 17.9. The van der Waals surface area contributed by atoms with Gasteiger partial charge in [-0.3, -0.25) is 4.98 Å². The van der Waals surface area contributed by atoms with E-state index in [2.05, 4.69) is 25.6 Å². The molecule has 0 amide bonds. The summed E-state index contributed by atoms with van der Waals surface area (Å²) in [5.74, 6) is 0.688. The Hall–Kier alpha value is -2.87. The maximum atomic E-state index is 12.9. The molecule has 0 spiro atoms. The first-order valence-corrected chi connectivity index (χ1v) is 7.89. The summed E-state index contributed by atoms with van der Waals surface area (Å²) in [5.41, 5.74) is 0.231. The van der Waals surface area contributed by atoms with E-state index in [-0.39, 0.29) is 16.7 Å². The maximum Gasteiger partial charge on any atom is 0.417 e. The summed E-state index contributed by atoms with van der Waals surface area (Å²) in [7, 11) is 0. The summed E-state index contributed by atoms with van der Waals surface area (Å²) in [6.45, 7) is 0.503. The monoisotopic (exact) mass is 379 g/mol. The molecular weight excluding hydrogens is 367 g/mol. The van der Waals surface area contributed by atoms with Gasteiger partial charge in [-0.1, -0.05) is 17.7 Å². The number of anilines is 3. The number of halogens is 4. The van der Waals surface area contributed by atoms with Gasteiger partial charge in [0, 0.05) is 30.8 Å². The van der Waals surface area contributed by atoms with Crippen LogP contribution in [0.2, 0.25) is 5.02 Å². The van der Waals surface area contributed by atoms with Gasteiger partial charge in [-0.05, 0) is 35.9 Å². The number of pyridine rings is 1. The van der Waals surface area contributed by atoms with Crippen LogP contribution in [0.5, 0.6) is 0 Å². The number of rotatable bonds is 5. The first-order valence-electron chi connectivity index (χ1n) is 7.51. The molecule has 0 aliphatic heterocycles. The second-order valence-corrected chi connectivity index (χ2v) is 5.70. The highest BCUT2D eigenvalue weighted by molar-refractivity contribution is 6.31. The Morgan fingerprint density at radius 2 is 1.92 bits per heavy atom. The summed E-state index contributed by atoms with van der Waals surface area (Å²) in [5, 5.41) is 5.48. The fourth-order valence-electron chi connectivity index (χ4n) is 2.16. The van der Waals surface area contributed by atoms with Gasteiger partial charge < -0.3 is 10.6 Å². The van der Waals surface area contributed by atoms with Gasteiger partial charge in [0.05, 0.1) is 10.6 Å².